The molecule has 0 aliphatic rings. The van der Waals surface area contributed by atoms with E-state index in [-0.39, 0.29) is 5.76 Å². The number of primary amides is 1. The molecule has 0 aliphatic carbocycles. The number of aromatic nitrogens is 4. The number of hydrogen-bond donors (Lipinski definition) is 1. The molecule has 9 heteroatoms. The van der Waals surface area contributed by atoms with Gasteiger partial charge in [0.05, 0.1) is 5.39 Å². The van der Waals surface area contributed by atoms with Crippen molar-refractivity contribution >= 4 is 50.8 Å². The Morgan fingerprint density at radius 3 is 2.96 bits per heavy atom. The number of nitrogens with two attached hydrogens (primary N) is 1. The molecule has 4 aromatic rings. The number of hydrogen-bond acceptors (Lipinski definition) is 8. The van der Waals surface area contributed by atoms with Crippen molar-refractivity contribution in [3.8, 4) is 10.6 Å². The van der Waals surface area contributed by atoms with Gasteiger partial charge in [-0.15, -0.1) is 10.2 Å². The van der Waals surface area contributed by atoms with Gasteiger partial charge in [-0.05, 0) is 18.4 Å². The molecule has 4 rings (SSSR count). The smallest absolute Gasteiger partial charge is 0.288 e. The fourth-order valence-corrected chi connectivity index (χ4v) is 3.69. The first kappa shape index (κ1) is 14.1. The number of amides is 1. The molecule has 0 spiro atoms. The highest BCUT2D eigenvalue weighted by Crippen LogP contribution is 2.38. The van der Waals surface area contributed by atoms with Gasteiger partial charge in [0.25, 0.3) is 5.91 Å². The van der Waals surface area contributed by atoms with Crippen LogP contribution in [0.3, 0.4) is 0 Å². The predicted octanol–water partition coefficient (Wildman–Crippen LogP) is 2.72. The SMILES string of the molecule is CSc1nnc(-c2cc3cccnc3c3noc(C(N)=O)c23)s1. The normalized spacial score (nSPS) is 11.3. The van der Waals surface area contributed by atoms with Gasteiger partial charge in [-0.1, -0.05) is 34.3 Å². The van der Waals surface area contributed by atoms with E-state index in [0.29, 0.717) is 27.0 Å². The van der Waals surface area contributed by atoms with E-state index < -0.39 is 5.91 Å². The first-order valence-corrected chi connectivity index (χ1v) is 8.58. The minimum absolute atomic E-state index is 0.00320. The van der Waals surface area contributed by atoms with Crippen LogP contribution in [-0.4, -0.2) is 32.5 Å². The first-order chi connectivity index (χ1) is 11.2. The summed E-state index contributed by atoms with van der Waals surface area (Å²) in [6, 6.07) is 5.65. The number of carbonyl (C=O) groups excluding carboxylic acids is 1. The Morgan fingerprint density at radius 1 is 1.35 bits per heavy atom. The number of benzene rings is 1. The van der Waals surface area contributed by atoms with Crippen LogP contribution < -0.4 is 5.73 Å². The second-order valence-corrected chi connectivity index (χ2v) is 6.71. The first-order valence-electron chi connectivity index (χ1n) is 6.54. The zero-order chi connectivity index (χ0) is 16.0. The molecule has 0 aliphatic heterocycles. The highest BCUT2D eigenvalue weighted by Gasteiger charge is 2.23. The van der Waals surface area contributed by atoms with E-state index in [9.17, 15) is 4.79 Å². The van der Waals surface area contributed by atoms with E-state index in [4.69, 9.17) is 10.3 Å². The van der Waals surface area contributed by atoms with Crippen molar-refractivity contribution < 1.29 is 9.32 Å². The van der Waals surface area contributed by atoms with E-state index in [1.807, 2.05) is 24.5 Å². The number of pyridine rings is 1. The molecule has 1 aromatic carbocycles. The van der Waals surface area contributed by atoms with E-state index in [2.05, 4.69) is 20.3 Å². The minimum Gasteiger partial charge on any atom is -0.363 e. The van der Waals surface area contributed by atoms with Gasteiger partial charge in [-0.3, -0.25) is 9.78 Å². The molecular weight excluding hydrogens is 334 g/mol. The molecule has 3 heterocycles. The zero-order valence-electron chi connectivity index (χ0n) is 11.8. The molecule has 2 N–H and O–H groups in total. The fraction of sp³-hybridized carbons (Fsp3) is 0.0714. The summed E-state index contributed by atoms with van der Waals surface area (Å²) >= 11 is 2.94. The van der Waals surface area contributed by atoms with Crippen LogP contribution in [0.1, 0.15) is 10.6 Å². The number of thioether (sulfide) groups is 1. The zero-order valence-corrected chi connectivity index (χ0v) is 13.4. The lowest BCUT2D eigenvalue weighted by Gasteiger charge is -2.02. The van der Waals surface area contributed by atoms with Crippen molar-refractivity contribution in [1.82, 2.24) is 20.3 Å². The topological polar surface area (TPSA) is 108 Å². The third-order valence-corrected chi connectivity index (χ3v) is 5.29. The van der Waals surface area contributed by atoms with Gasteiger partial charge in [0.15, 0.2) is 4.34 Å². The number of carbonyl (C=O) groups is 1. The van der Waals surface area contributed by atoms with E-state index in [1.165, 1.54) is 23.1 Å². The maximum atomic E-state index is 11.7. The molecule has 0 bridgehead atoms. The van der Waals surface area contributed by atoms with Crippen LogP contribution >= 0.6 is 23.1 Å². The largest absolute Gasteiger partial charge is 0.363 e. The Kier molecular flexibility index (Phi) is 3.24. The van der Waals surface area contributed by atoms with Crippen LogP contribution in [0.25, 0.3) is 32.4 Å². The molecule has 7 nitrogen and oxygen atoms in total. The average molecular weight is 343 g/mol. The Labute approximate surface area is 137 Å². The summed E-state index contributed by atoms with van der Waals surface area (Å²) in [4.78, 5) is 16.0. The van der Waals surface area contributed by atoms with Gasteiger partial charge in [-0.2, -0.15) is 0 Å². The third-order valence-electron chi connectivity index (χ3n) is 3.36. The van der Waals surface area contributed by atoms with Gasteiger partial charge in [0.2, 0.25) is 5.76 Å². The summed E-state index contributed by atoms with van der Waals surface area (Å²) in [5.74, 6) is -0.679. The van der Waals surface area contributed by atoms with Gasteiger partial charge >= 0.3 is 0 Å². The molecule has 23 heavy (non-hydrogen) atoms. The minimum atomic E-state index is -0.682. The predicted molar refractivity (Wildman–Crippen MR) is 88.5 cm³/mol. The Morgan fingerprint density at radius 2 is 2.22 bits per heavy atom. The molecule has 0 radical (unpaired) electrons. The van der Waals surface area contributed by atoms with Gasteiger partial charge in [-0.25, -0.2) is 0 Å². The van der Waals surface area contributed by atoms with Crippen molar-refractivity contribution in [2.24, 2.45) is 5.73 Å². The van der Waals surface area contributed by atoms with Crippen molar-refractivity contribution in [3.05, 3.63) is 30.2 Å². The van der Waals surface area contributed by atoms with Crippen molar-refractivity contribution in [3.63, 3.8) is 0 Å². The second-order valence-electron chi connectivity index (χ2n) is 4.68. The molecule has 0 saturated heterocycles. The van der Waals surface area contributed by atoms with E-state index >= 15 is 0 Å². The standard InChI is InChI=1S/C14H9N5O2S2/c1-22-14-18-17-13(23-14)7-5-6-3-2-4-16-9(6)10-8(7)11(12(15)20)21-19-10/h2-5H,1H3,(H2,15,20). The maximum Gasteiger partial charge on any atom is 0.288 e. The van der Waals surface area contributed by atoms with Crippen molar-refractivity contribution in [1.29, 1.82) is 0 Å². The monoisotopic (exact) mass is 343 g/mol. The molecule has 1 amide bonds. The van der Waals surface area contributed by atoms with Crippen molar-refractivity contribution in [2.75, 3.05) is 6.26 Å². The molecule has 0 fully saturated rings. The highest BCUT2D eigenvalue weighted by atomic mass is 32.2. The fourth-order valence-electron chi connectivity index (χ4n) is 2.40. The average Bonchev–Trinajstić information content (AvgIpc) is 3.21. The summed E-state index contributed by atoms with van der Waals surface area (Å²) in [6.07, 6.45) is 3.59. The molecule has 0 atom stereocenters. The lowest BCUT2D eigenvalue weighted by atomic mass is 10.0. The number of nitrogens with zero attached hydrogens (tertiary/aromatic N) is 4. The Hall–Kier alpha value is -2.52. The molecular formula is C14H9N5O2S2. The third kappa shape index (κ3) is 2.16. The summed E-state index contributed by atoms with van der Waals surface area (Å²) in [6.45, 7) is 0. The molecule has 3 aromatic heterocycles. The molecule has 114 valence electrons. The van der Waals surface area contributed by atoms with Crippen LogP contribution in [0.15, 0.2) is 33.3 Å². The summed E-state index contributed by atoms with van der Waals surface area (Å²) in [5.41, 5.74) is 7.28. The van der Waals surface area contributed by atoms with Gasteiger partial charge in [0, 0.05) is 17.1 Å². The summed E-state index contributed by atoms with van der Waals surface area (Å²) < 4.78 is 6.00. The van der Waals surface area contributed by atoms with E-state index in [0.717, 1.165) is 9.73 Å². The second kappa shape index (κ2) is 5.28. The quantitative estimate of drug-likeness (QED) is 0.570. The Balaban J connectivity index is 2.14. The molecule has 0 saturated carbocycles. The summed E-state index contributed by atoms with van der Waals surface area (Å²) in [5, 5.41) is 14.4. The lowest BCUT2D eigenvalue weighted by molar-refractivity contribution is 0.0967. The van der Waals surface area contributed by atoms with Crippen LogP contribution in [0.4, 0.5) is 0 Å². The van der Waals surface area contributed by atoms with E-state index in [1.54, 1.807) is 6.20 Å². The summed E-state index contributed by atoms with van der Waals surface area (Å²) in [7, 11) is 0. The Bertz CT molecular complexity index is 1060. The van der Waals surface area contributed by atoms with Crippen molar-refractivity contribution in [2.45, 2.75) is 4.34 Å². The highest BCUT2D eigenvalue weighted by molar-refractivity contribution is 8.00. The van der Waals surface area contributed by atoms with Crippen LogP contribution in [0.2, 0.25) is 0 Å². The van der Waals surface area contributed by atoms with Crippen LogP contribution in [0, 0.1) is 0 Å². The number of fused-ring (bicyclic) bond motifs is 3. The molecule has 0 unspecified atom stereocenters. The lowest BCUT2D eigenvalue weighted by Crippen LogP contribution is -2.10. The van der Waals surface area contributed by atoms with Gasteiger partial charge < -0.3 is 10.3 Å². The van der Waals surface area contributed by atoms with Crippen LogP contribution in [-0.2, 0) is 0 Å². The van der Waals surface area contributed by atoms with Crippen LogP contribution in [0.5, 0.6) is 0 Å². The number of rotatable bonds is 3. The van der Waals surface area contributed by atoms with Gasteiger partial charge in [0.1, 0.15) is 16.0 Å². The maximum absolute atomic E-state index is 11.7.